The summed E-state index contributed by atoms with van der Waals surface area (Å²) >= 11 is 0. The summed E-state index contributed by atoms with van der Waals surface area (Å²) in [6.45, 7) is -0.793. The molecular formula is C11H14N2O5S. The second-order valence-corrected chi connectivity index (χ2v) is 6.00. The molecule has 1 heterocycles. The molecule has 0 aromatic heterocycles. The van der Waals surface area contributed by atoms with E-state index in [-0.39, 0.29) is 23.8 Å². The van der Waals surface area contributed by atoms with Crippen LogP contribution in [0, 0.1) is 0 Å². The lowest BCUT2D eigenvalue weighted by atomic mass is 10.2. The van der Waals surface area contributed by atoms with E-state index in [1.165, 1.54) is 18.2 Å². The van der Waals surface area contributed by atoms with E-state index >= 15 is 0 Å². The van der Waals surface area contributed by atoms with Gasteiger partial charge in [0.05, 0.1) is 24.0 Å². The highest BCUT2D eigenvalue weighted by Crippen LogP contribution is 2.25. The topological polar surface area (TPSA) is 116 Å². The standard InChI is InChI=1S/C11H14N2O5S/c14-6-8(15)5-12-19(17,18)9-1-2-10-7(3-9)4-11(16)13-10/h1-3,8,12,14-15H,4-6H2,(H,13,16). The number of aliphatic hydroxyl groups is 2. The first-order valence-electron chi connectivity index (χ1n) is 5.64. The summed E-state index contributed by atoms with van der Waals surface area (Å²) in [5, 5.41) is 20.4. The molecule has 0 radical (unpaired) electrons. The lowest BCUT2D eigenvalue weighted by Crippen LogP contribution is -2.33. The Morgan fingerprint density at radius 2 is 2.16 bits per heavy atom. The smallest absolute Gasteiger partial charge is 0.240 e. The third-order valence-electron chi connectivity index (χ3n) is 2.73. The number of hydrogen-bond donors (Lipinski definition) is 4. The molecule has 0 saturated carbocycles. The van der Waals surface area contributed by atoms with Crippen molar-refractivity contribution in [1.29, 1.82) is 0 Å². The normalized spacial score (nSPS) is 16.0. The largest absolute Gasteiger partial charge is 0.394 e. The Morgan fingerprint density at radius 3 is 2.84 bits per heavy atom. The molecule has 1 amide bonds. The van der Waals surface area contributed by atoms with Crippen LogP contribution in [0.15, 0.2) is 23.1 Å². The monoisotopic (exact) mass is 286 g/mol. The van der Waals surface area contributed by atoms with Gasteiger partial charge in [0.2, 0.25) is 15.9 Å². The quantitative estimate of drug-likeness (QED) is 0.543. The molecular weight excluding hydrogens is 272 g/mol. The van der Waals surface area contributed by atoms with Crippen LogP contribution in [-0.2, 0) is 21.2 Å². The maximum atomic E-state index is 11.9. The van der Waals surface area contributed by atoms with Crippen LogP contribution in [0.2, 0.25) is 0 Å². The van der Waals surface area contributed by atoms with Crippen molar-refractivity contribution in [3.63, 3.8) is 0 Å². The number of sulfonamides is 1. The van der Waals surface area contributed by atoms with Crippen LogP contribution in [-0.4, -0.2) is 43.8 Å². The number of benzene rings is 1. The summed E-state index contributed by atoms with van der Waals surface area (Å²) in [7, 11) is -3.76. The number of amides is 1. The SMILES string of the molecule is O=C1Cc2cc(S(=O)(=O)NCC(O)CO)ccc2N1. The Balaban J connectivity index is 2.18. The average Bonchev–Trinajstić information content (AvgIpc) is 2.74. The Bertz CT molecular complexity index is 599. The van der Waals surface area contributed by atoms with Crippen LogP contribution in [0.4, 0.5) is 5.69 Å². The molecule has 1 aliphatic heterocycles. The molecule has 0 saturated heterocycles. The zero-order valence-corrected chi connectivity index (χ0v) is 10.8. The predicted molar refractivity (Wildman–Crippen MR) is 67.1 cm³/mol. The zero-order valence-electron chi connectivity index (χ0n) is 9.96. The van der Waals surface area contributed by atoms with Crippen molar-refractivity contribution in [1.82, 2.24) is 4.72 Å². The van der Waals surface area contributed by atoms with E-state index in [1.54, 1.807) is 0 Å². The number of carbonyl (C=O) groups is 1. The first kappa shape index (κ1) is 13.9. The van der Waals surface area contributed by atoms with Crippen molar-refractivity contribution in [2.75, 3.05) is 18.5 Å². The minimum Gasteiger partial charge on any atom is -0.394 e. The molecule has 1 aromatic carbocycles. The van der Waals surface area contributed by atoms with Crippen LogP contribution < -0.4 is 10.0 Å². The molecule has 104 valence electrons. The zero-order chi connectivity index (χ0) is 14.0. The van der Waals surface area contributed by atoms with E-state index in [0.717, 1.165) is 0 Å². The van der Waals surface area contributed by atoms with Crippen LogP contribution in [0.3, 0.4) is 0 Å². The molecule has 1 unspecified atom stereocenters. The Morgan fingerprint density at radius 1 is 1.42 bits per heavy atom. The summed E-state index contributed by atoms with van der Waals surface area (Å²) in [5.41, 5.74) is 1.23. The fourth-order valence-corrected chi connectivity index (χ4v) is 2.85. The molecule has 2 rings (SSSR count). The molecule has 8 heteroatoms. The Kier molecular flexibility index (Phi) is 3.85. The van der Waals surface area contributed by atoms with Gasteiger partial charge < -0.3 is 15.5 Å². The second kappa shape index (κ2) is 5.25. The number of nitrogens with one attached hydrogen (secondary N) is 2. The fourth-order valence-electron chi connectivity index (χ4n) is 1.73. The van der Waals surface area contributed by atoms with Gasteiger partial charge in [-0.2, -0.15) is 0 Å². The van der Waals surface area contributed by atoms with Gasteiger partial charge in [-0.1, -0.05) is 0 Å². The maximum absolute atomic E-state index is 11.9. The number of fused-ring (bicyclic) bond motifs is 1. The van der Waals surface area contributed by atoms with Crippen LogP contribution >= 0.6 is 0 Å². The van der Waals surface area contributed by atoms with Gasteiger partial charge in [0.1, 0.15) is 0 Å². The van der Waals surface area contributed by atoms with Gasteiger partial charge in [-0.15, -0.1) is 0 Å². The van der Waals surface area contributed by atoms with Crippen molar-refractivity contribution < 1.29 is 23.4 Å². The third-order valence-corrected chi connectivity index (χ3v) is 4.15. The molecule has 7 nitrogen and oxygen atoms in total. The van der Waals surface area contributed by atoms with E-state index in [4.69, 9.17) is 10.2 Å². The summed E-state index contributed by atoms with van der Waals surface area (Å²) in [6, 6.07) is 4.32. The number of anilines is 1. The summed E-state index contributed by atoms with van der Waals surface area (Å²) in [4.78, 5) is 11.2. The number of hydrogen-bond acceptors (Lipinski definition) is 5. The molecule has 1 atom stereocenters. The van der Waals surface area contributed by atoms with Crippen LogP contribution in [0.5, 0.6) is 0 Å². The van der Waals surface area contributed by atoms with Gasteiger partial charge in [-0.3, -0.25) is 4.79 Å². The number of carbonyl (C=O) groups excluding carboxylic acids is 1. The third kappa shape index (κ3) is 3.10. The summed E-state index contributed by atoms with van der Waals surface area (Å²) < 4.78 is 26.0. The number of rotatable bonds is 5. The first-order valence-corrected chi connectivity index (χ1v) is 7.12. The molecule has 0 bridgehead atoms. The van der Waals surface area contributed by atoms with E-state index in [1.807, 2.05) is 0 Å². The highest BCUT2D eigenvalue weighted by Gasteiger charge is 2.22. The molecule has 1 aliphatic rings. The van der Waals surface area contributed by atoms with E-state index in [2.05, 4.69) is 10.0 Å². The van der Waals surface area contributed by atoms with E-state index < -0.39 is 22.7 Å². The molecule has 0 fully saturated rings. The highest BCUT2D eigenvalue weighted by molar-refractivity contribution is 7.89. The van der Waals surface area contributed by atoms with Crippen molar-refractivity contribution in [2.24, 2.45) is 0 Å². The molecule has 19 heavy (non-hydrogen) atoms. The van der Waals surface area contributed by atoms with Gasteiger partial charge in [0.25, 0.3) is 0 Å². The van der Waals surface area contributed by atoms with Crippen molar-refractivity contribution in [2.45, 2.75) is 17.4 Å². The van der Waals surface area contributed by atoms with Crippen molar-refractivity contribution in [3.05, 3.63) is 23.8 Å². The first-order chi connectivity index (χ1) is 8.92. The molecule has 0 aliphatic carbocycles. The van der Waals surface area contributed by atoms with Crippen molar-refractivity contribution in [3.8, 4) is 0 Å². The lowest BCUT2D eigenvalue weighted by molar-refractivity contribution is -0.115. The number of aliphatic hydroxyl groups excluding tert-OH is 2. The average molecular weight is 286 g/mol. The van der Waals surface area contributed by atoms with Gasteiger partial charge in [-0.25, -0.2) is 13.1 Å². The van der Waals surface area contributed by atoms with E-state index in [9.17, 15) is 13.2 Å². The fraction of sp³-hybridized carbons (Fsp3) is 0.364. The summed E-state index contributed by atoms with van der Waals surface area (Å²) in [5.74, 6) is -0.173. The lowest BCUT2D eigenvalue weighted by Gasteiger charge is -2.10. The predicted octanol–water partition coefficient (Wildman–Crippen LogP) is -1.19. The van der Waals surface area contributed by atoms with Crippen molar-refractivity contribution >= 4 is 21.6 Å². The Labute approximate surface area is 110 Å². The van der Waals surface area contributed by atoms with Gasteiger partial charge in [0.15, 0.2) is 0 Å². The molecule has 0 spiro atoms. The Hall–Kier alpha value is -1.48. The summed E-state index contributed by atoms with van der Waals surface area (Å²) in [6.07, 6.45) is -0.995. The minimum absolute atomic E-state index is 0.0212. The van der Waals surface area contributed by atoms with Gasteiger partial charge in [-0.05, 0) is 23.8 Å². The van der Waals surface area contributed by atoms with Crippen LogP contribution in [0.1, 0.15) is 5.56 Å². The molecule has 4 N–H and O–H groups in total. The second-order valence-electron chi connectivity index (χ2n) is 4.23. The maximum Gasteiger partial charge on any atom is 0.240 e. The van der Waals surface area contributed by atoms with Gasteiger partial charge in [0, 0.05) is 12.2 Å². The van der Waals surface area contributed by atoms with E-state index in [0.29, 0.717) is 11.3 Å². The minimum atomic E-state index is -3.76. The van der Waals surface area contributed by atoms with Crippen LogP contribution in [0.25, 0.3) is 0 Å². The van der Waals surface area contributed by atoms with Gasteiger partial charge >= 0.3 is 0 Å². The molecule has 1 aromatic rings. The highest BCUT2D eigenvalue weighted by atomic mass is 32.2.